The molecule has 0 atom stereocenters. The third-order valence-corrected chi connectivity index (χ3v) is 3.37. The van der Waals surface area contributed by atoms with Crippen LogP contribution in [0.1, 0.15) is 36.6 Å². The Morgan fingerprint density at radius 2 is 1.42 bits per heavy atom. The maximum absolute atomic E-state index is 12.2. The fourth-order valence-electron chi connectivity index (χ4n) is 2.07. The smallest absolute Gasteiger partial charge is 0.337 e. The molecule has 0 unspecified atom stereocenters. The number of carbonyl (C=O) groups is 3. The summed E-state index contributed by atoms with van der Waals surface area (Å²) in [5.74, 6) is -1.22. The predicted octanol–water partition coefficient (Wildman–Crippen LogP) is 2.19. The van der Waals surface area contributed by atoms with Crippen LogP contribution in [0.15, 0.2) is 48.5 Å². The molecule has 2 rings (SSSR count). The molecule has 0 saturated carbocycles. The van der Waals surface area contributed by atoms with Crippen LogP contribution in [0.4, 0.5) is 0 Å². The number of amides is 1. The van der Waals surface area contributed by atoms with Gasteiger partial charge in [-0.1, -0.05) is 18.2 Å². The minimum Gasteiger partial charge on any atom is -0.465 e. The number of nitrogens with one attached hydrogen (secondary N) is 1. The van der Waals surface area contributed by atoms with Crippen molar-refractivity contribution in [3.05, 3.63) is 70.8 Å². The number of esters is 2. The lowest BCUT2D eigenvalue weighted by Gasteiger charge is -2.07. The highest BCUT2D eigenvalue weighted by atomic mass is 16.5. The molecule has 0 aliphatic rings. The highest BCUT2D eigenvalue weighted by Crippen LogP contribution is 2.08. The van der Waals surface area contributed by atoms with Crippen molar-refractivity contribution in [1.29, 1.82) is 0 Å². The first-order valence-electron chi connectivity index (χ1n) is 7.19. The molecule has 124 valence electrons. The Morgan fingerprint density at radius 1 is 0.833 bits per heavy atom. The maximum Gasteiger partial charge on any atom is 0.337 e. The van der Waals surface area contributed by atoms with E-state index in [0.29, 0.717) is 23.2 Å². The average Bonchev–Trinajstić information content (AvgIpc) is 2.65. The molecule has 6 heteroatoms. The predicted molar refractivity (Wildman–Crippen MR) is 86.7 cm³/mol. The van der Waals surface area contributed by atoms with Gasteiger partial charge in [0.1, 0.15) is 0 Å². The van der Waals surface area contributed by atoms with Crippen molar-refractivity contribution in [2.24, 2.45) is 0 Å². The maximum atomic E-state index is 12.2. The Kier molecular flexibility index (Phi) is 5.68. The van der Waals surface area contributed by atoms with Crippen molar-refractivity contribution in [3.63, 3.8) is 0 Å². The Balaban J connectivity index is 2.00. The molecule has 0 aliphatic carbocycles. The van der Waals surface area contributed by atoms with Crippen molar-refractivity contribution < 1.29 is 23.9 Å². The highest BCUT2D eigenvalue weighted by Gasteiger charge is 2.11. The summed E-state index contributed by atoms with van der Waals surface area (Å²) in [7, 11) is 2.60. The summed E-state index contributed by atoms with van der Waals surface area (Å²) >= 11 is 0. The van der Waals surface area contributed by atoms with Crippen LogP contribution in [0.5, 0.6) is 0 Å². The molecule has 0 fully saturated rings. The number of carbonyl (C=O) groups excluding carboxylic acids is 3. The molecule has 0 radical (unpaired) electrons. The molecule has 0 heterocycles. The van der Waals surface area contributed by atoms with Crippen LogP contribution in [-0.4, -0.2) is 32.1 Å². The van der Waals surface area contributed by atoms with Gasteiger partial charge in [-0.2, -0.15) is 0 Å². The number of hydrogen-bond acceptors (Lipinski definition) is 5. The summed E-state index contributed by atoms with van der Waals surface area (Å²) in [6.07, 6.45) is 0. The minimum absolute atomic E-state index is 0.294. The van der Waals surface area contributed by atoms with Crippen LogP contribution in [0.3, 0.4) is 0 Å². The molecule has 1 N–H and O–H groups in total. The van der Waals surface area contributed by atoms with E-state index in [-0.39, 0.29) is 5.91 Å². The fraction of sp³-hybridized carbons (Fsp3) is 0.167. The molecular formula is C18H17NO5. The topological polar surface area (TPSA) is 81.7 Å². The Morgan fingerprint density at radius 3 is 2.04 bits per heavy atom. The van der Waals surface area contributed by atoms with Gasteiger partial charge in [0.25, 0.3) is 5.91 Å². The van der Waals surface area contributed by atoms with Crippen molar-refractivity contribution in [2.75, 3.05) is 14.2 Å². The average molecular weight is 327 g/mol. The van der Waals surface area contributed by atoms with Gasteiger partial charge in [-0.05, 0) is 35.9 Å². The van der Waals surface area contributed by atoms with Crippen molar-refractivity contribution >= 4 is 17.8 Å². The van der Waals surface area contributed by atoms with Crippen molar-refractivity contribution in [1.82, 2.24) is 5.32 Å². The number of methoxy groups -OCH3 is 2. The van der Waals surface area contributed by atoms with Gasteiger partial charge in [-0.3, -0.25) is 4.79 Å². The monoisotopic (exact) mass is 327 g/mol. The first-order valence-corrected chi connectivity index (χ1v) is 7.19. The number of hydrogen-bond donors (Lipinski definition) is 1. The summed E-state index contributed by atoms with van der Waals surface area (Å²) in [6, 6.07) is 13.0. The summed E-state index contributed by atoms with van der Waals surface area (Å²) in [5, 5.41) is 2.75. The van der Waals surface area contributed by atoms with Gasteiger partial charge in [0.2, 0.25) is 0 Å². The zero-order valence-electron chi connectivity index (χ0n) is 13.4. The molecule has 0 saturated heterocycles. The van der Waals surface area contributed by atoms with Crippen LogP contribution in [0.2, 0.25) is 0 Å². The Hall–Kier alpha value is -3.15. The van der Waals surface area contributed by atoms with Crippen LogP contribution in [0, 0.1) is 0 Å². The van der Waals surface area contributed by atoms with Gasteiger partial charge >= 0.3 is 11.9 Å². The molecule has 0 aromatic heterocycles. The lowest BCUT2D eigenvalue weighted by molar-refractivity contribution is 0.0591. The molecule has 2 aromatic carbocycles. The van der Waals surface area contributed by atoms with Gasteiger partial charge in [0, 0.05) is 12.1 Å². The number of ether oxygens (including phenoxy) is 2. The largest absolute Gasteiger partial charge is 0.465 e. The summed E-state index contributed by atoms with van der Waals surface area (Å²) < 4.78 is 9.26. The van der Waals surface area contributed by atoms with Gasteiger partial charge in [-0.25, -0.2) is 9.59 Å². The van der Waals surface area contributed by atoms with E-state index >= 15 is 0 Å². The van der Waals surface area contributed by atoms with Gasteiger partial charge < -0.3 is 14.8 Å². The Bertz CT molecular complexity index is 752. The first kappa shape index (κ1) is 17.2. The molecule has 0 spiro atoms. The third-order valence-electron chi connectivity index (χ3n) is 3.37. The van der Waals surface area contributed by atoms with E-state index in [2.05, 4.69) is 14.8 Å². The van der Waals surface area contributed by atoms with E-state index in [1.165, 1.54) is 20.3 Å². The van der Waals surface area contributed by atoms with E-state index in [9.17, 15) is 14.4 Å². The van der Waals surface area contributed by atoms with E-state index in [1.807, 2.05) is 0 Å². The quantitative estimate of drug-likeness (QED) is 0.851. The van der Waals surface area contributed by atoms with Crippen LogP contribution in [-0.2, 0) is 16.0 Å². The minimum atomic E-state index is -0.497. The lowest BCUT2D eigenvalue weighted by Crippen LogP contribution is -2.23. The summed E-state index contributed by atoms with van der Waals surface area (Å²) in [4.78, 5) is 35.0. The lowest BCUT2D eigenvalue weighted by atomic mass is 10.1. The first-order chi connectivity index (χ1) is 11.5. The summed E-state index contributed by atoms with van der Waals surface area (Å²) in [6.45, 7) is 0.294. The molecule has 0 aliphatic heterocycles. The molecule has 2 aromatic rings. The van der Waals surface area contributed by atoms with E-state index < -0.39 is 11.9 Å². The fourth-order valence-corrected chi connectivity index (χ4v) is 2.07. The van der Waals surface area contributed by atoms with Crippen LogP contribution >= 0.6 is 0 Å². The molecule has 24 heavy (non-hydrogen) atoms. The van der Waals surface area contributed by atoms with E-state index in [0.717, 1.165) is 5.56 Å². The van der Waals surface area contributed by atoms with Crippen molar-refractivity contribution in [3.8, 4) is 0 Å². The van der Waals surface area contributed by atoms with Crippen LogP contribution in [0.25, 0.3) is 0 Å². The zero-order valence-corrected chi connectivity index (χ0v) is 13.4. The second-order valence-corrected chi connectivity index (χ2v) is 4.94. The second-order valence-electron chi connectivity index (χ2n) is 4.94. The molecule has 6 nitrogen and oxygen atoms in total. The molecule has 0 bridgehead atoms. The molecular weight excluding hydrogens is 310 g/mol. The molecule has 1 amide bonds. The third kappa shape index (κ3) is 4.19. The van der Waals surface area contributed by atoms with Gasteiger partial charge in [0.15, 0.2) is 0 Å². The highest BCUT2D eigenvalue weighted by molar-refractivity contribution is 5.97. The van der Waals surface area contributed by atoms with Crippen molar-refractivity contribution in [2.45, 2.75) is 6.54 Å². The number of benzene rings is 2. The van der Waals surface area contributed by atoms with E-state index in [1.54, 1.807) is 42.5 Å². The van der Waals surface area contributed by atoms with Gasteiger partial charge in [0.05, 0.1) is 25.3 Å². The normalized spacial score (nSPS) is 9.92. The van der Waals surface area contributed by atoms with E-state index in [4.69, 9.17) is 0 Å². The Labute approximate surface area is 139 Å². The second kappa shape index (κ2) is 7.92. The zero-order chi connectivity index (χ0) is 17.5. The van der Waals surface area contributed by atoms with Crippen LogP contribution < -0.4 is 5.32 Å². The SMILES string of the molecule is COC(=O)c1ccc(CNC(=O)c2cccc(C(=O)OC)c2)cc1. The standard InChI is InChI=1S/C18H17NO5/c1-23-17(21)13-8-6-12(7-9-13)11-19-16(20)14-4-3-5-15(10-14)18(22)24-2/h3-10H,11H2,1-2H3,(H,19,20). The summed E-state index contributed by atoms with van der Waals surface area (Å²) in [5.41, 5.74) is 1.95. The van der Waals surface area contributed by atoms with Gasteiger partial charge in [-0.15, -0.1) is 0 Å². The number of rotatable bonds is 5.